The first kappa shape index (κ1) is 26.5. The van der Waals surface area contributed by atoms with E-state index < -0.39 is 0 Å². The second-order valence-corrected chi connectivity index (χ2v) is 10.8. The Morgan fingerprint density at radius 2 is 1.65 bits per heavy atom. The Morgan fingerprint density at radius 3 is 2.40 bits per heavy atom. The molecule has 7 rings (SSSR count). The number of anilines is 1. The molecule has 6 aromatic rings. The predicted molar refractivity (Wildman–Crippen MR) is 167 cm³/mol. The van der Waals surface area contributed by atoms with Gasteiger partial charge < -0.3 is 4.57 Å². The molecule has 3 heterocycles. The molecule has 0 radical (unpaired) electrons. The maximum atomic E-state index is 14.2. The van der Waals surface area contributed by atoms with Crippen molar-refractivity contribution in [3.05, 3.63) is 102 Å². The minimum Gasteiger partial charge on any atom is -0.327 e. The van der Waals surface area contributed by atoms with E-state index in [1.165, 1.54) is 5.01 Å². The highest BCUT2D eigenvalue weighted by Crippen LogP contribution is 2.34. The largest absolute Gasteiger partial charge is 0.327 e. The number of aromatic nitrogens is 4. The SMILES string of the molecule is CCCc1nc2c(C)cc(-c3nc4ccccc4n3C)cc2n1C(=O)c1ccc(-c2ccccc2N2N=NCC2=O)cc1. The number of imidazole rings is 2. The molecule has 43 heavy (non-hydrogen) atoms. The Hall–Kier alpha value is -5.44. The average Bonchev–Trinajstić information content (AvgIpc) is 3.72. The van der Waals surface area contributed by atoms with Crippen LogP contribution in [0.3, 0.4) is 0 Å². The van der Waals surface area contributed by atoms with E-state index >= 15 is 0 Å². The number of amides is 1. The first-order valence-corrected chi connectivity index (χ1v) is 14.3. The van der Waals surface area contributed by atoms with E-state index in [1.807, 2.05) is 86.8 Å². The highest BCUT2D eigenvalue weighted by molar-refractivity contribution is 6.04. The summed E-state index contributed by atoms with van der Waals surface area (Å²) in [6.07, 6.45) is 1.53. The van der Waals surface area contributed by atoms with Gasteiger partial charge in [0.25, 0.3) is 11.8 Å². The van der Waals surface area contributed by atoms with Crippen molar-refractivity contribution in [1.82, 2.24) is 19.1 Å². The summed E-state index contributed by atoms with van der Waals surface area (Å²) in [6, 6.07) is 27.2. The van der Waals surface area contributed by atoms with Gasteiger partial charge in [-0.15, -0.1) is 0 Å². The first-order chi connectivity index (χ1) is 20.9. The van der Waals surface area contributed by atoms with Crippen LogP contribution in [0.5, 0.6) is 0 Å². The van der Waals surface area contributed by atoms with Crippen molar-refractivity contribution in [2.24, 2.45) is 17.4 Å². The molecule has 0 saturated heterocycles. The van der Waals surface area contributed by atoms with Gasteiger partial charge in [0.1, 0.15) is 18.2 Å². The van der Waals surface area contributed by atoms with Crippen LogP contribution in [0.1, 0.15) is 35.1 Å². The summed E-state index contributed by atoms with van der Waals surface area (Å²) in [5, 5.41) is 9.19. The van der Waals surface area contributed by atoms with Crippen LogP contribution >= 0.6 is 0 Å². The summed E-state index contributed by atoms with van der Waals surface area (Å²) < 4.78 is 3.84. The molecule has 0 saturated carbocycles. The van der Waals surface area contributed by atoms with E-state index in [9.17, 15) is 9.59 Å². The van der Waals surface area contributed by atoms with Crippen molar-refractivity contribution in [3.63, 3.8) is 0 Å². The van der Waals surface area contributed by atoms with Crippen molar-refractivity contribution < 1.29 is 9.59 Å². The molecular formula is C34H29N7O2. The van der Waals surface area contributed by atoms with Crippen LogP contribution in [0.2, 0.25) is 0 Å². The van der Waals surface area contributed by atoms with E-state index in [2.05, 4.69) is 34.0 Å². The van der Waals surface area contributed by atoms with E-state index in [1.54, 1.807) is 4.57 Å². The number of para-hydroxylation sites is 3. The zero-order valence-corrected chi connectivity index (χ0v) is 24.2. The monoisotopic (exact) mass is 567 g/mol. The summed E-state index contributed by atoms with van der Waals surface area (Å²) in [4.78, 5) is 36.3. The molecular weight excluding hydrogens is 538 g/mol. The molecule has 0 aliphatic carbocycles. The maximum Gasteiger partial charge on any atom is 0.272 e. The lowest BCUT2D eigenvalue weighted by Crippen LogP contribution is -2.22. The van der Waals surface area contributed by atoms with Gasteiger partial charge in [-0.05, 0) is 66.9 Å². The fraction of sp³-hybridized carbons (Fsp3) is 0.176. The fourth-order valence-electron chi connectivity index (χ4n) is 5.82. The Morgan fingerprint density at radius 1 is 0.884 bits per heavy atom. The van der Waals surface area contributed by atoms with Crippen LogP contribution in [-0.2, 0) is 18.3 Å². The van der Waals surface area contributed by atoms with Crippen LogP contribution < -0.4 is 5.01 Å². The van der Waals surface area contributed by atoms with Gasteiger partial charge in [0.05, 0.1) is 27.8 Å². The number of hydrogen-bond acceptors (Lipinski definition) is 6. The number of aryl methyl sites for hydroxylation is 3. The van der Waals surface area contributed by atoms with E-state index in [-0.39, 0.29) is 18.4 Å². The summed E-state index contributed by atoms with van der Waals surface area (Å²) in [7, 11) is 2.01. The summed E-state index contributed by atoms with van der Waals surface area (Å²) >= 11 is 0. The van der Waals surface area contributed by atoms with Crippen LogP contribution in [-0.4, -0.2) is 37.5 Å². The number of carbonyl (C=O) groups excluding carboxylic acids is 2. The topological polar surface area (TPSA) is 97.7 Å². The molecule has 0 unspecified atom stereocenters. The molecule has 9 heteroatoms. The Balaban J connectivity index is 1.31. The fourth-order valence-corrected chi connectivity index (χ4v) is 5.82. The van der Waals surface area contributed by atoms with Gasteiger partial charge in [-0.25, -0.2) is 9.97 Å². The number of benzene rings is 4. The average molecular weight is 568 g/mol. The third-order valence-electron chi connectivity index (χ3n) is 7.91. The lowest BCUT2D eigenvalue weighted by atomic mass is 10.0. The quantitative estimate of drug-likeness (QED) is 0.218. The molecule has 2 aromatic heterocycles. The van der Waals surface area contributed by atoms with Crippen molar-refractivity contribution in [1.29, 1.82) is 0 Å². The van der Waals surface area contributed by atoms with Crippen LogP contribution in [0, 0.1) is 6.92 Å². The van der Waals surface area contributed by atoms with Gasteiger partial charge in [0, 0.05) is 30.2 Å². The molecule has 0 bridgehead atoms. The molecule has 1 amide bonds. The van der Waals surface area contributed by atoms with Crippen molar-refractivity contribution in [3.8, 4) is 22.5 Å². The van der Waals surface area contributed by atoms with Crippen molar-refractivity contribution in [2.45, 2.75) is 26.7 Å². The normalized spacial score (nSPS) is 13.1. The zero-order chi connectivity index (χ0) is 29.7. The number of carbonyl (C=O) groups is 2. The van der Waals surface area contributed by atoms with Crippen LogP contribution in [0.15, 0.2) is 95.3 Å². The number of nitrogens with zero attached hydrogens (tertiary/aromatic N) is 7. The second kappa shape index (κ2) is 10.4. The van der Waals surface area contributed by atoms with E-state index in [0.29, 0.717) is 17.7 Å². The van der Waals surface area contributed by atoms with Crippen LogP contribution in [0.4, 0.5) is 5.69 Å². The summed E-state index contributed by atoms with van der Waals surface area (Å²) in [5.74, 6) is 1.25. The summed E-state index contributed by atoms with van der Waals surface area (Å²) in [5.41, 5.74) is 8.37. The summed E-state index contributed by atoms with van der Waals surface area (Å²) in [6.45, 7) is 4.16. The smallest absolute Gasteiger partial charge is 0.272 e. The zero-order valence-electron chi connectivity index (χ0n) is 24.2. The van der Waals surface area contributed by atoms with Gasteiger partial charge in [-0.2, -0.15) is 10.1 Å². The van der Waals surface area contributed by atoms with Gasteiger partial charge in [-0.3, -0.25) is 14.2 Å². The molecule has 1 aliphatic rings. The molecule has 4 aromatic carbocycles. The third kappa shape index (κ3) is 4.41. The Kier molecular flexibility index (Phi) is 6.42. The molecule has 0 spiro atoms. The third-order valence-corrected chi connectivity index (χ3v) is 7.91. The number of fused-ring (bicyclic) bond motifs is 2. The van der Waals surface area contributed by atoms with Crippen LogP contribution in [0.25, 0.3) is 44.6 Å². The Bertz CT molecular complexity index is 2090. The lowest BCUT2D eigenvalue weighted by molar-refractivity contribution is -0.116. The van der Waals surface area contributed by atoms with Gasteiger partial charge in [0.2, 0.25) is 0 Å². The highest BCUT2D eigenvalue weighted by Gasteiger charge is 2.24. The molecule has 0 N–H and O–H groups in total. The number of rotatable bonds is 6. The number of hydrogen-bond donors (Lipinski definition) is 0. The minimum absolute atomic E-state index is 0.0402. The minimum atomic E-state index is -0.178. The van der Waals surface area contributed by atoms with Crippen molar-refractivity contribution in [2.75, 3.05) is 11.6 Å². The van der Waals surface area contributed by atoms with E-state index in [4.69, 9.17) is 9.97 Å². The first-order valence-electron chi connectivity index (χ1n) is 14.3. The second-order valence-electron chi connectivity index (χ2n) is 10.8. The van der Waals surface area contributed by atoms with Gasteiger partial charge in [-0.1, -0.05) is 54.6 Å². The van der Waals surface area contributed by atoms with Gasteiger partial charge >= 0.3 is 0 Å². The Labute approximate surface area is 248 Å². The van der Waals surface area contributed by atoms with Gasteiger partial charge in [0.15, 0.2) is 0 Å². The molecule has 0 atom stereocenters. The lowest BCUT2D eigenvalue weighted by Gasteiger charge is -2.15. The predicted octanol–water partition coefficient (Wildman–Crippen LogP) is 6.92. The molecule has 212 valence electrons. The van der Waals surface area contributed by atoms with E-state index in [0.717, 1.165) is 62.4 Å². The standard InChI is InChI=1S/C34H29N7O2/c1-4-9-30-37-32-21(2)18-24(33-36-26-11-6-8-13-28(26)39(33)3)19-29(32)40(30)34(43)23-16-14-22(15-17-23)25-10-5-7-12-27(25)41-31(42)20-35-38-41/h5-8,10-19H,4,9,20H2,1-3H3. The van der Waals surface area contributed by atoms with Crippen molar-refractivity contribution >= 4 is 39.6 Å². The maximum absolute atomic E-state index is 14.2. The molecule has 9 nitrogen and oxygen atoms in total. The molecule has 0 fully saturated rings. The highest BCUT2D eigenvalue weighted by atomic mass is 16.2. The molecule has 1 aliphatic heterocycles.